The Morgan fingerprint density at radius 2 is 1.77 bits per heavy atom. The van der Waals surface area contributed by atoms with Crippen LogP contribution in [0.25, 0.3) is 0 Å². The van der Waals surface area contributed by atoms with Gasteiger partial charge in [0.05, 0.1) is 17.5 Å². The molecular formula is C27H25Cl2NO5. The van der Waals surface area contributed by atoms with Crippen LogP contribution in [0.5, 0.6) is 17.2 Å². The summed E-state index contributed by atoms with van der Waals surface area (Å²) in [5.74, 6) is -0.403. The van der Waals surface area contributed by atoms with Crippen molar-refractivity contribution in [3.8, 4) is 17.2 Å². The number of rotatable bonds is 9. The lowest BCUT2D eigenvalue weighted by molar-refractivity contribution is -0.139. The third-order valence-electron chi connectivity index (χ3n) is 5.84. The maximum Gasteiger partial charge on any atom is 0.311 e. The molecule has 1 heterocycles. The van der Waals surface area contributed by atoms with Gasteiger partial charge >= 0.3 is 5.97 Å². The van der Waals surface area contributed by atoms with Crippen LogP contribution in [-0.4, -0.2) is 30.1 Å². The van der Waals surface area contributed by atoms with Crippen molar-refractivity contribution in [2.75, 3.05) is 13.2 Å². The summed E-state index contributed by atoms with van der Waals surface area (Å²) in [6.07, 6.45) is 3.17. The molecule has 0 fully saturated rings. The van der Waals surface area contributed by atoms with Crippen molar-refractivity contribution in [2.24, 2.45) is 0 Å². The maximum atomic E-state index is 12.4. The molecule has 0 aliphatic carbocycles. The first-order valence-electron chi connectivity index (χ1n) is 11.4. The number of hydrogen-bond donors (Lipinski definition) is 2. The van der Waals surface area contributed by atoms with Gasteiger partial charge in [-0.25, -0.2) is 0 Å². The molecule has 1 unspecified atom stereocenters. The second kappa shape index (κ2) is 11.5. The third-order valence-corrected chi connectivity index (χ3v) is 6.38. The van der Waals surface area contributed by atoms with Crippen LogP contribution in [-0.2, 0) is 11.2 Å². The Bertz CT molecular complexity index is 1200. The number of hydrogen-bond acceptors (Lipinski definition) is 4. The number of aryl methyl sites for hydroxylation is 1. The summed E-state index contributed by atoms with van der Waals surface area (Å²) < 4.78 is 11.5. The monoisotopic (exact) mass is 513 g/mol. The lowest BCUT2D eigenvalue weighted by Gasteiger charge is -2.24. The molecule has 35 heavy (non-hydrogen) atoms. The van der Waals surface area contributed by atoms with E-state index in [1.165, 1.54) is 5.56 Å². The molecule has 1 aliphatic rings. The molecule has 0 spiro atoms. The molecule has 6 nitrogen and oxygen atoms in total. The van der Waals surface area contributed by atoms with Crippen LogP contribution in [0.15, 0.2) is 60.7 Å². The average molecular weight is 514 g/mol. The van der Waals surface area contributed by atoms with Gasteiger partial charge in [-0.15, -0.1) is 0 Å². The molecule has 1 aliphatic heterocycles. The van der Waals surface area contributed by atoms with E-state index in [1.807, 2.05) is 24.3 Å². The van der Waals surface area contributed by atoms with Crippen molar-refractivity contribution >= 4 is 35.1 Å². The van der Waals surface area contributed by atoms with Gasteiger partial charge in [0.2, 0.25) is 0 Å². The smallest absolute Gasteiger partial charge is 0.311 e. The molecule has 0 radical (unpaired) electrons. The molecule has 182 valence electrons. The summed E-state index contributed by atoms with van der Waals surface area (Å²) in [4.78, 5) is 23.9. The molecule has 0 saturated heterocycles. The summed E-state index contributed by atoms with van der Waals surface area (Å²) in [6, 6.07) is 17.7. The minimum Gasteiger partial charge on any atom is -0.493 e. The predicted molar refractivity (Wildman–Crippen MR) is 135 cm³/mol. The Hall–Kier alpha value is -3.22. The molecule has 4 rings (SSSR count). The molecule has 8 heteroatoms. The molecular weight excluding hydrogens is 489 g/mol. The summed E-state index contributed by atoms with van der Waals surface area (Å²) in [6.45, 7) is 0.905. The highest BCUT2D eigenvalue weighted by atomic mass is 35.5. The standard InChI is InChI=1S/C27H25Cl2NO5/c28-19-8-4-17(5-9-19)3-1-2-13-30-26(31)18-6-10-20(11-7-18)35-25-16-24-22(15-23(25)29)21(27(32)33)12-14-34-24/h4-11,15-16,21H,1-3,12-14H2,(H,30,31)(H,32,33). The summed E-state index contributed by atoms with van der Waals surface area (Å²) in [7, 11) is 0. The molecule has 2 N–H and O–H groups in total. The topological polar surface area (TPSA) is 84.9 Å². The number of nitrogens with one attached hydrogen (secondary N) is 1. The number of halogens is 2. The average Bonchev–Trinajstić information content (AvgIpc) is 2.85. The lowest BCUT2D eigenvalue weighted by Crippen LogP contribution is -2.24. The maximum absolute atomic E-state index is 12.4. The zero-order valence-electron chi connectivity index (χ0n) is 18.9. The summed E-state index contributed by atoms with van der Waals surface area (Å²) >= 11 is 12.2. The lowest BCUT2D eigenvalue weighted by atomic mass is 9.93. The first kappa shape index (κ1) is 24.9. The number of carbonyl (C=O) groups excluding carboxylic acids is 1. The first-order valence-corrected chi connectivity index (χ1v) is 12.2. The van der Waals surface area contributed by atoms with E-state index in [4.69, 9.17) is 32.7 Å². The van der Waals surface area contributed by atoms with Gasteiger partial charge in [0.25, 0.3) is 5.91 Å². The Balaban J connectivity index is 1.29. The predicted octanol–water partition coefficient (Wildman–Crippen LogP) is 6.49. The number of carbonyl (C=O) groups is 2. The van der Waals surface area contributed by atoms with E-state index >= 15 is 0 Å². The van der Waals surface area contributed by atoms with Crippen molar-refractivity contribution in [3.63, 3.8) is 0 Å². The van der Waals surface area contributed by atoms with E-state index in [9.17, 15) is 14.7 Å². The number of carboxylic acids is 1. The molecule has 0 saturated carbocycles. The highest BCUT2D eigenvalue weighted by molar-refractivity contribution is 6.32. The van der Waals surface area contributed by atoms with E-state index in [1.54, 1.807) is 36.4 Å². The minimum atomic E-state index is -0.908. The second-order valence-corrected chi connectivity index (χ2v) is 9.16. The van der Waals surface area contributed by atoms with Gasteiger partial charge in [-0.05, 0) is 73.7 Å². The van der Waals surface area contributed by atoms with Crippen LogP contribution in [0.1, 0.15) is 46.7 Å². The van der Waals surface area contributed by atoms with Gasteiger partial charge in [-0.2, -0.15) is 0 Å². The Morgan fingerprint density at radius 1 is 1.03 bits per heavy atom. The Morgan fingerprint density at radius 3 is 2.49 bits per heavy atom. The number of unbranched alkanes of at least 4 members (excludes halogenated alkanes) is 1. The van der Waals surface area contributed by atoms with E-state index in [0.717, 1.165) is 24.3 Å². The zero-order valence-corrected chi connectivity index (χ0v) is 20.4. The number of fused-ring (bicyclic) bond motifs is 1. The van der Waals surface area contributed by atoms with Gasteiger partial charge in [0.1, 0.15) is 17.2 Å². The number of benzene rings is 3. The fraction of sp³-hybridized carbons (Fsp3) is 0.259. The van der Waals surface area contributed by atoms with E-state index in [2.05, 4.69) is 5.32 Å². The largest absolute Gasteiger partial charge is 0.493 e. The van der Waals surface area contributed by atoms with Gasteiger partial charge in [0, 0.05) is 28.8 Å². The Labute approximate surface area is 213 Å². The summed E-state index contributed by atoms with van der Waals surface area (Å²) in [5, 5.41) is 13.4. The number of amides is 1. The highest BCUT2D eigenvalue weighted by Crippen LogP contribution is 2.41. The van der Waals surface area contributed by atoms with Gasteiger partial charge in [0.15, 0.2) is 0 Å². The fourth-order valence-electron chi connectivity index (χ4n) is 3.93. The normalized spacial score (nSPS) is 14.5. The number of carboxylic acid groups (broad SMARTS) is 1. The van der Waals surface area contributed by atoms with Crippen molar-refractivity contribution in [1.82, 2.24) is 5.32 Å². The van der Waals surface area contributed by atoms with Crippen molar-refractivity contribution in [2.45, 2.75) is 31.6 Å². The van der Waals surface area contributed by atoms with Crippen LogP contribution in [0, 0.1) is 0 Å². The van der Waals surface area contributed by atoms with Crippen LogP contribution < -0.4 is 14.8 Å². The molecule has 3 aromatic rings. The number of ether oxygens (including phenoxy) is 2. The zero-order chi connectivity index (χ0) is 24.8. The SMILES string of the molecule is O=C(NCCCCc1ccc(Cl)cc1)c1ccc(Oc2cc3c(cc2Cl)C(C(=O)O)CCO3)cc1. The van der Waals surface area contributed by atoms with E-state index in [-0.39, 0.29) is 5.91 Å². The van der Waals surface area contributed by atoms with Crippen molar-refractivity contribution in [1.29, 1.82) is 0 Å². The highest BCUT2D eigenvalue weighted by Gasteiger charge is 2.29. The van der Waals surface area contributed by atoms with E-state index in [0.29, 0.717) is 53.0 Å². The second-order valence-electron chi connectivity index (χ2n) is 8.31. The van der Waals surface area contributed by atoms with Crippen molar-refractivity contribution < 1.29 is 24.2 Å². The quantitative estimate of drug-likeness (QED) is 0.319. The molecule has 1 atom stereocenters. The molecule has 0 aromatic heterocycles. The van der Waals surface area contributed by atoms with Gasteiger partial charge < -0.3 is 19.9 Å². The third kappa shape index (κ3) is 6.47. The molecule has 1 amide bonds. The molecule has 3 aromatic carbocycles. The minimum absolute atomic E-state index is 0.150. The van der Waals surface area contributed by atoms with Gasteiger partial charge in [-0.1, -0.05) is 35.3 Å². The van der Waals surface area contributed by atoms with Crippen LogP contribution in [0.4, 0.5) is 0 Å². The fourth-order valence-corrected chi connectivity index (χ4v) is 4.27. The van der Waals surface area contributed by atoms with E-state index < -0.39 is 11.9 Å². The number of aliphatic carboxylic acids is 1. The molecule has 0 bridgehead atoms. The summed E-state index contributed by atoms with van der Waals surface area (Å²) in [5.41, 5.74) is 2.30. The van der Waals surface area contributed by atoms with Gasteiger partial charge in [-0.3, -0.25) is 9.59 Å². The van der Waals surface area contributed by atoms with Crippen LogP contribution in [0.3, 0.4) is 0 Å². The first-order chi connectivity index (χ1) is 16.9. The van der Waals surface area contributed by atoms with Crippen LogP contribution >= 0.6 is 23.2 Å². The van der Waals surface area contributed by atoms with Crippen molar-refractivity contribution in [3.05, 3.63) is 87.4 Å². The Kier molecular flexibility index (Phi) is 8.16. The van der Waals surface area contributed by atoms with Crippen LogP contribution in [0.2, 0.25) is 10.0 Å².